The van der Waals surface area contributed by atoms with Crippen LogP contribution in [0.2, 0.25) is 4.44 Å². The number of rotatable bonds is 4. The van der Waals surface area contributed by atoms with Gasteiger partial charge in [0, 0.05) is 0 Å². The van der Waals surface area contributed by atoms with E-state index >= 15 is 0 Å². The second kappa shape index (κ2) is 6.72. The van der Waals surface area contributed by atoms with Gasteiger partial charge < -0.3 is 0 Å². The van der Waals surface area contributed by atoms with Crippen LogP contribution in [-0.2, 0) is 3.22 Å². The predicted molar refractivity (Wildman–Crippen MR) is 29.2 cm³/mol. The van der Waals surface area contributed by atoms with E-state index < -0.39 is 21.6 Å². The Morgan fingerprint density at radius 3 is 2.86 bits per heavy atom. The summed E-state index contributed by atoms with van der Waals surface area (Å²) in [7, 11) is 0. The topological polar surface area (TPSA) is 29.5 Å². The molecular weight excluding hydrogens is 199 g/mol. The van der Waals surface area contributed by atoms with Crippen LogP contribution in [0.4, 0.5) is 0 Å². The van der Waals surface area contributed by atoms with Crippen molar-refractivity contribution in [3.63, 3.8) is 0 Å². The third-order valence-corrected chi connectivity index (χ3v) is 2.66. The quantitative estimate of drug-likeness (QED) is 0.327. The van der Waals surface area contributed by atoms with Gasteiger partial charge in [0.05, 0.1) is 0 Å². The molecule has 0 aromatic heterocycles. The second-order valence-corrected chi connectivity index (χ2v) is 4.11. The zero-order valence-electron chi connectivity index (χ0n) is 4.48. The minimum absolute atomic E-state index is 0.761. The van der Waals surface area contributed by atoms with Crippen LogP contribution in [0.1, 0.15) is 19.8 Å². The molecule has 0 aliphatic carbocycles. The van der Waals surface area contributed by atoms with Crippen LogP contribution in [0.5, 0.6) is 0 Å². The van der Waals surface area contributed by atoms with Crippen molar-refractivity contribution < 1.29 is 8.48 Å². The fourth-order valence-corrected chi connectivity index (χ4v) is 1.98. The molecule has 42 valence electrons. The van der Waals surface area contributed by atoms with Gasteiger partial charge in [0.15, 0.2) is 0 Å². The molecule has 0 spiro atoms. The van der Waals surface area contributed by atoms with Crippen LogP contribution in [0, 0.1) is 0 Å². The Morgan fingerprint density at radius 2 is 2.43 bits per heavy atom. The van der Waals surface area contributed by atoms with Gasteiger partial charge in [0.2, 0.25) is 0 Å². The van der Waals surface area contributed by atoms with Crippen LogP contribution in [0.3, 0.4) is 0 Å². The molecule has 1 N–H and O–H groups in total. The van der Waals surface area contributed by atoms with Gasteiger partial charge in [-0.05, 0) is 0 Å². The van der Waals surface area contributed by atoms with Gasteiger partial charge in [-0.25, -0.2) is 0 Å². The molecule has 7 heavy (non-hydrogen) atoms. The van der Waals surface area contributed by atoms with E-state index in [9.17, 15) is 0 Å². The van der Waals surface area contributed by atoms with Gasteiger partial charge in [-0.2, -0.15) is 0 Å². The van der Waals surface area contributed by atoms with Crippen molar-refractivity contribution in [1.29, 1.82) is 0 Å². The Hall–Kier alpha value is 0.719. The molecule has 0 fully saturated rings. The van der Waals surface area contributed by atoms with Crippen molar-refractivity contribution >= 4 is 21.6 Å². The average Bonchev–Trinajstić information content (AvgIpc) is 1.69. The average molecular weight is 209 g/mol. The normalized spacial score (nSPS) is 9.43. The van der Waals surface area contributed by atoms with Gasteiger partial charge >= 0.3 is 54.2 Å². The summed E-state index contributed by atoms with van der Waals surface area (Å²) in [6.07, 6.45) is 2.43. The van der Waals surface area contributed by atoms with Gasteiger partial charge in [-0.15, -0.1) is 0 Å². The first-order valence-corrected chi connectivity index (χ1v) is 5.63. The van der Waals surface area contributed by atoms with Gasteiger partial charge in [0.1, 0.15) is 0 Å². The summed E-state index contributed by atoms with van der Waals surface area (Å²) in [4.78, 5) is 0. The molecule has 0 aromatic carbocycles. The molecule has 0 aliphatic rings. The van der Waals surface area contributed by atoms with Crippen molar-refractivity contribution in [2.75, 3.05) is 0 Å². The van der Waals surface area contributed by atoms with E-state index in [2.05, 4.69) is 10.1 Å². The van der Waals surface area contributed by atoms with Crippen LogP contribution in [-0.4, -0.2) is 26.8 Å². The standard InChI is InChI=1S/C4H9.H2O2.Sn/c1-3-4-2;1-2;/h1,3-4H2,2H3;1-2H;/q;;+1/p-1. The first-order chi connectivity index (χ1) is 3.41. The van der Waals surface area contributed by atoms with Crippen LogP contribution < -0.4 is 0 Å². The second-order valence-electron chi connectivity index (χ2n) is 1.34. The first-order valence-electron chi connectivity index (χ1n) is 2.45. The Balaban J connectivity index is 2.45. The van der Waals surface area contributed by atoms with E-state index in [0.29, 0.717) is 0 Å². The summed E-state index contributed by atoms with van der Waals surface area (Å²) in [5, 5.41) is 7.87. The number of hydrogen-bond acceptors (Lipinski definition) is 2. The van der Waals surface area contributed by atoms with Crippen molar-refractivity contribution in [2.45, 2.75) is 24.2 Å². The molecule has 0 amide bonds. The molecular formula is C4H10O2Sn. The summed E-state index contributed by atoms with van der Waals surface area (Å²) in [5.41, 5.74) is 0. The molecule has 2 radical (unpaired) electrons. The molecule has 3 heteroatoms. The Bertz CT molecular complexity index is 28.9. The van der Waals surface area contributed by atoms with E-state index in [1.165, 1.54) is 12.8 Å². The number of hydrogen-bond donors (Lipinski definition) is 1. The van der Waals surface area contributed by atoms with E-state index in [4.69, 9.17) is 5.26 Å². The van der Waals surface area contributed by atoms with Crippen molar-refractivity contribution in [3.8, 4) is 0 Å². The summed E-state index contributed by atoms with van der Waals surface area (Å²) >= 11 is -0.761. The molecule has 0 rings (SSSR count). The molecule has 0 aromatic rings. The molecule has 0 heterocycles. The molecule has 2 nitrogen and oxygen atoms in total. The molecule has 0 aliphatic heterocycles. The summed E-state index contributed by atoms with van der Waals surface area (Å²) < 4.78 is 5.15. The zero-order valence-corrected chi connectivity index (χ0v) is 7.33. The molecule has 0 bridgehead atoms. The Kier molecular flexibility index (Phi) is 7.41. The van der Waals surface area contributed by atoms with Gasteiger partial charge in [0.25, 0.3) is 0 Å². The minimum atomic E-state index is -0.761. The SMILES string of the molecule is CCC[CH2][Sn][O]O. The maximum absolute atomic E-state index is 7.87. The zero-order chi connectivity index (χ0) is 5.54. The summed E-state index contributed by atoms with van der Waals surface area (Å²) in [6.45, 7) is 2.14. The third-order valence-electron chi connectivity index (χ3n) is 0.697. The monoisotopic (exact) mass is 210 g/mol. The van der Waals surface area contributed by atoms with E-state index in [1.54, 1.807) is 0 Å². The summed E-state index contributed by atoms with van der Waals surface area (Å²) in [5.74, 6) is 0. The molecule has 0 saturated heterocycles. The Morgan fingerprint density at radius 1 is 1.71 bits per heavy atom. The van der Waals surface area contributed by atoms with Gasteiger partial charge in [-0.1, -0.05) is 0 Å². The molecule has 0 saturated carbocycles. The van der Waals surface area contributed by atoms with Crippen molar-refractivity contribution in [2.24, 2.45) is 0 Å². The van der Waals surface area contributed by atoms with Crippen LogP contribution >= 0.6 is 0 Å². The van der Waals surface area contributed by atoms with E-state index in [0.717, 1.165) is 4.44 Å². The Labute approximate surface area is 54.6 Å². The first kappa shape index (κ1) is 7.72. The van der Waals surface area contributed by atoms with Crippen molar-refractivity contribution in [1.82, 2.24) is 0 Å². The van der Waals surface area contributed by atoms with Crippen LogP contribution in [0.15, 0.2) is 0 Å². The van der Waals surface area contributed by atoms with Gasteiger partial charge in [-0.3, -0.25) is 0 Å². The third kappa shape index (κ3) is 6.72. The fraction of sp³-hybridized carbons (Fsp3) is 1.00. The number of unbranched alkanes of at least 4 members (excludes halogenated alkanes) is 1. The molecule has 0 unspecified atom stereocenters. The van der Waals surface area contributed by atoms with Crippen molar-refractivity contribution in [3.05, 3.63) is 0 Å². The molecule has 0 atom stereocenters. The van der Waals surface area contributed by atoms with E-state index in [1.807, 2.05) is 0 Å². The van der Waals surface area contributed by atoms with Crippen LogP contribution in [0.25, 0.3) is 0 Å². The fourth-order valence-electron chi connectivity index (χ4n) is 0.295. The maximum atomic E-state index is 7.87. The summed E-state index contributed by atoms with van der Waals surface area (Å²) in [6, 6.07) is 0. The van der Waals surface area contributed by atoms with E-state index in [-0.39, 0.29) is 0 Å². The predicted octanol–water partition coefficient (Wildman–Crippen LogP) is 1.31.